The van der Waals surface area contributed by atoms with Crippen LogP contribution in [0.2, 0.25) is 0 Å². The molecule has 1 N–H and O–H groups in total. The van der Waals surface area contributed by atoms with E-state index in [0.29, 0.717) is 12.2 Å². The van der Waals surface area contributed by atoms with E-state index in [4.69, 9.17) is 4.55 Å². The fourth-order valence-corrected chi connectivity index (χ4v) is 1.13. The molecule has 0 heterocycles. The van der Waals surface area contributed by atoms with Gasteiger partial charge < -0.3 is 0 Å². The van der Waals surface area contributed by atoms with Crippen LogP contribution in [0.25, 0.3) is 0 Å². The van der Waals surface area contributed by atoms with Gasteiger partial charge in [-0.1, -0.05) is 0 Å². The maximum atomic E-state index is 9.91. The van der Waals surface area contributed by atoms with E-state index >= 15 is 0 Å². The summed E-state index contributed by atoms with van der Waals surface area (Å²) in [6, 6.07) is 0. The van der Waals surface area contributed by atoms with Crippen LogP contribution in [0.4, 0.5) is 0 Å². The fraction of sp³-hybridized carbons (Fsp3) is 1.00. The first-order valence-electron chi connectivity index (χ1n) is 2.12. The van der Waals surface area contributed by atoms with Crippen LogP contribution in [0.5, 0.6) is 0 Å². The zero-order chi connectivity index (χ0) is 6.62. The second kappa shape index (κ2) is 9.35. The zero-order valence-corrected chi connectivity index (χ0v) is 5.95. The fourth-order valence-electron chi connectivity index (χ4n) is 0.247. The van der Waals surface area contributed by atoms with Crippen LogP contribution in [-0.4, -0.2) is 83.6 Å². The van der Waals surface area contributed by atoms with E-state index in [2.05, 4.69) is 12.6 Å². The molecule has 0 aromatic heterocycles. The minimum absolute atomic E-state index is 0. The summed E-state index contributed by atoms with van der Waals surface area (Å²) in [6.45, 7) is 0. The van der Waals surface area contributed by atoms with Gasteiger partial charge >= 0.3 is 59.1 Å². The van der Waals surface area contributed by atoms with Crippen molar-refractivity contribution in [1.82, 2.24) is 0 Å². The number of hydrogen-bond acceptors (Lipinski definition) is 3. The predicted molar refractivity (Wildman–Crippen MR) is 49.2 cm³/mol. The quantitative estimate of drug-likeness (QED) is 0.348. The van der Waals surface area contributed by atoms with Gasteiger partial charge in [0.1, 0.15) is 0 Å². The van der Waals surface area contributed by atoms with Crippen molar-refractivity contribution in [2.45, 2.75) is 6.42 Å². The van der Waals surface area contributed by atoms with Crippen LogP contribution in [0.3, 0.4) is 0 Å². The molecule has 0 spiro atoms. The van der Waals surface area contributed by atoms with Gasteiger partial charge in [0.2, 0.25) is 0 Å². The van der Waals surface area contributed by atoms with Gasteiger partial charge in [0, 0.05) is 0 Å². The topological polar surface area (TPSA) is 54.4 Å². The van der Waals surface area contributed by atoms with Gasteiger partial charge in [-0.2, -0.15) is 21.0 Å². The molecule has 0 atom stereocenters. The second-order valence-electron chi connectivity index (χ2n) is 1.36. The Morgan fingerprint density at radius 3 is 1.80 bits per heavy atom. The Hall–Kier alpha value is 2.26. The molecule has 0 aromatic carbocycles. The molecule has 3 nitrogen and oxygen atoms in total. The van der Waals surface area contributed by atoms with E-state index < -0.39 is 10.1 Å². The summed E-state index contributed by atoms with van der Waals surface area (Å²) in [5.74, 6) is 0.302. The zero-order valence-electron chi connectivity index (χ0n) is 4.24. The van der Waals surface area contributed by atoms with Gasteiger partial charge in [0.25, 0.3) is 10.1 Å². The molecule has 10 heavy (non-hydrogen) atoms. The normalized spacial score (nSPS) is 9.40. The van der Waals surface area contributed by atoms with Crippen molar-refractivity contribution < 1.29 is 13.0 Å². The summed E-state index contributed by atoms with van der Waals surface area (Å²) in [5.41, 5.74) is 0. The molecule has 0 amide bonds. The SMILES string of the molecule is O=S(=O)(O)CCCS.[NaH].[NaH]. The summed E-state index contributed by atoms with van der Waals surface area (Å²) in [6.07, 6.45) is 0.405. The third kappa shape index (κ3) is 16.7. The second-order valence-corrected chi connectivity index (χ2v) is 3.38. The number of rotatable bonds is 3. The van der Waals surface area contributed by atoms with E-state index in [1.165, 1.54) is 0 Å². The van der Waals surface area contributed by atoms with Gasteiger partial charge in [-0.3, -0.25) is 4.55 Å². The van der Waals surface area contributed by atoms with Gasteiger partial charge in [-0.15, -0.1) is 0 Å². The molecule has 0 unspecified atom stereocenters. The number of thiol groups is 1. The molecule has 0 aliphatic heterocycles. The van der Waals surface area contributed by atoms with Gasteiger partial charge in [-0.05, 0) is 12.2 Å². The van der Waals surface area contributed by atoms with Gasteiger partial charge in [-0.25, -0.2) is 0 Å². The molecule has 7 heteroatoms. The Kier molecular flexibility index (Phi) is 16.9. The van der Waals surface area contributed by atoms with Crippen LogP contribution in [-0.2, 0) is 10.1 Å². The summed E-state index contributed by atoms with van der Waals surface area (Å²) < 4.78 is 27.9. The average Bonchev–Trinajstić information content (AvgIpc) is 1.59. The van der Waals surface area contributed by atoms with Crippen molar-refractivity contribution in [3.8, 4) is 0 Å². The Balaban J connectivity index is -0.000000245. The van der Waals surface area contributed by atoms with Crippen LogP contribution in [0.15, 0.2) is 0 Å². The monoisotopic (exact) mass is 204 g/mol. The van der Waals surface area contributed by atoms with Crippen molar-refractivity contribution >= 4 is 81.9 Å². The molecule has 0 saturated heterocycles. The third-order valence-corrected chi connectivity index (χ3v) is 1.68. The Morgan fingerprint density at radius 2 is 1.70 bits per heavy atom. The maximum absolute atomic E-state index is 9.91. The van der Waals surface area contributed by atoms with Crippen LogP contribution >= 0.6 is 12.6 Å². The first-order valence-corrected chi connectivity index (χ1v) is 4.36. The summed E-state index contributed by atoms with van der Waals surface area (Å²) in [4.78, 5) is 0. The average molecular weight is 204 g/mol. The van der Waals surface area contributed by atoms with Crippen molar-refractivity contribution in [2.75, 3.05) is 11.5 Å². The Morgan fingerprint density at radius 1 is 1.30 bits per heavy atom. The van der Waals surface area contributed by atoms with E-state index in [0.717, 1.165) is 0 Å². The van der Waals surface area contributed by atoms with E-state index in [9.17, 15) is 8.42 Å². The van der Waals surface area contributed by atoms with Gasteiger partial charge in [0.15, 0.2) is 0 Å². The Labute approximate surface area is 111 Å². The molecular formula is C3H10Na2O3S2. The molecule has 0 aliphatic carbocycles. The van der Waals surface area contributed by atoms with E-state index in [1.807, 2.05) is 0 Å². The molecule has 0 bridgehead atoms. The molecule has 0 rings (SSSR count). The predicted octanol–water partition coefficient (Wildman–Crippen LogP) is -1.10. The van der Waals surface area contributed by atoms with Crippen molar-refractivity contribution in [3.05, 3.63) is 0 Å². The van der Waals surface area contributed by atoms with Crippen LogP contribution < -0.4 is 0 Å². The minimum atomic E-state index is -3.74. The Bertz CT molecular complexity index is 144. The molecule has 0 aliphatic rings. The molecule has 0 radical (unpaired) electrons. The molecule has 0 saturated carbocycles. The van der Waals surface area contributed by atoms with E-state index in [1.54, 1.807) is 0 Å². The standard InChI is InChI=1S/C3H8O3S2.2Na.2H/c4-8(5,6)3-1-2-7;;;;/h7H,1-3H2,(H,4,5,6);;;;. The van der Waals surface area contributed by atoms with Crippen molar-refractivity contribution in [1.29, 1.82) is 0 Å². The van der Waals surface area contributed by atoms with Crippen LogP contribution in [0, 0.1) is 0 Å². The molecule has 54 valence electrons. The first-order chi connectivity index (χ1) is 3.56. The third-order valence-electron chi connectivity index (χ3n) is 0.560. The van der Waals surface area contributed by atoms with Crippen LogP contribution in [0.1, 0.15) is 6.42 Å². The molecule has 0 fully saturated rings. The summed E-state index contributed by atoms with van der Waals surface area (Å²) >= 11 is 3.76. The first kappa shape index (κ1) is 18.1. The molecule has 0 aromatic rings. The van der Waals surface area contributed by atoms with Gasteiger partial charge in [0.05, 0.1) is 5.75 Å². The van der Waals surface area contributed by atoms with Crippen molar-refractivity contribution in [2.24, 2.45) is 0 Å². The van der Waals surface area contributed by atoms with Crippen molar-refractivity contribution in [3.63, 3.8) is 0 Å². The summed E-state index contributed by atoms with van der Waals surface area (Å²) in [7, 11) is -3.74. The molecular weight excluding hydrogens is 194 g/mol. The van der Waals surface area contributed by atoms with E-state index in [-0.39, 0.29) is 64.9 Å². The summed E-state index contributed by atoms with van der Waals surface area (Å²) in [5, 5.41) is 0. The number of hydrogen-bond donors (Lipinski definition) is 2.